The molecule has 1 aromatic carbocycles. The first-order valence-corrected chi connectivity index (χ1v) is 5.43. The van der Waals surface area contributed by atoms with Crippen LogP contribution in [0.5, 0.6) is 0 Å². The molecule has 2 aromatic rings. The lowest BCUT2D eigenvalue weighted by Gasteiger charge is -2.05. The fourth-order valence-corrected chi connectivity index (χ4v) is 1.85. The van der Waals surface area contributed by atoms with E-state index < -0.39 is 19.1 Å². The monoisotopic (exact) mass is 248 g/mol. The number of aliphatic carboxylic acids is 1. The molecule has 0 amide bonds. The number of rotatable bonds is 4. The SMILES string of the molecule is N[C@@H](Cc1c[nH]c2ccc(B(O)O)cc12)C(=O)O. The summed E-state index contributed by atoms with van der Waals surface area (Å²) in [4.78, 5) is 13.7. The van der Waals surface area contributed by atoms with Gasteiger partial charge < -0.3 is 25.9 Å². The van der Waals surface area contributed by atoms with Crippen LogP contribution in [0.4, 0.5) is 0 Å². The molecule has 0 radical (unpaired) electrons. The van der Waals surface area contributed by atoms with Crippen LogP contribution in [0.1, 0.15) is 5.56 Å². The Morgan fingerprint density at radius 1 is 1.44 bits per heavy atom. The Labute approximate surface area is 103 Å². The maximum absolute atomic E-state index is 10.7. The number of carbonyl (C=O) groups is 1. The van der Waals surface area contributed by atoms with E-state index in [1.54, 1.807) is 24.4 Å². The van der Waals surface area contributed by atoms with E-state index in [1.165, 1.54) is 0 Å². The van der Waals surface area contributed by atoms with Crippen molar-refractivity contribution in [2.75, 3.05) is 0 Å². The van der Waals surface area contributed by atoms with E-state index in [0.717, 1.165) is 16.5 Å². The molecule has 2 rings (SSSR count). The van der Waals surface area contributed by atoms with Gasteiger partial charge in [-0.1, -0.05) is 12.1 Å². The van der Waals surface area contributed by atoms with Gasteiger partial charge in [0, 0.05) is 23.5 Å². The van der Waals surface area contributed by atoms with Crippen molar-refractivity contribution in [1.29, 1.82) is 0 Å². The molecule has 18 heavy (non-hydrogen) atoms. The molecule has 6 nitrogen and oxygen atoms in total. The van der Waals surface area contributed by atoms with Gasteiger partial charge in [0.05, 0.1) is 0 Å². The number of nitrogens with two attached hydrogens (primary N) is 1. The average Bonchev–Trinajstić information content (AvgIpc) is 2.71. The summed E-state index contributed by atoms with van der Waals surface area (Å²) in [5.41, 5.74) is 7.37. The van der Waals surface area contributed by atoms with Crippen LogP contribution in [-0.4, -0.2) is 39.3 Å². The number of benzene rings is 1. The van der Waals surface area contributed by atoms with Crippen LogP contribution in [0.15, 0.2) is 24.4 Å². The maximum Gasteiger partial charge on any atom is 0.488 e. The molecule has 0 aliphatic carbocycles. The van der Waals surface area contributed by atoms with Gasteiger partial charge >= 0.3 is 13.1 Å². The van der Waals surface area contributed by atoms with Gasteiger partial charge in [0.2, 0.25) is 0 Å². The molecular weight excluding hydrogens is 235 g/mol. The number of H-pyrrole nitrogens is 1. The molecule has 0 saturated carbocycles. The Balaban J connectivity index is 2.39. The lowest BCUT2D eigenvalue weighted by molar-refractivity contribution is -0.138. The molecular formula is C11H13BN2O4. The topological polar surface area (TPSA) is 120 Å². The number of carboxylic acid groups (broad SMARTS) is 1. The van der Waals surface area contributed by atoms with Gasteiger partial charge in [0.25, 0.3) is 0 Å². The van der Waals surface area contributed by atoms with E-state index in [0.29, 0.717) is 5.46 Å². The third-order valence-corrected chi connectivity index (χ3v) is 2.85. The number of hydrogen-bond donors (Lipinski definition) is 5. The standard InChI is InChI=1S/C11H13BN2O4/c13-9(11(15)16)3-6-5-14-10-2-1-7(12(17)18)4-8(6)10/h1-2,4-5,9,14,17-18H,3,13H2,(H,15,16)/t9-/m0/s1. The van der Waals surface area contributed by atoms with Gasteiger partial charge in [-0.25, -0.2) is 0 Å². The Kier molecular flexibility index (Phi) is 3.37. The summed E-state index contributed by atoms with van der Waals surface area (Å²) in [6.07, 6.45) is 1.86. The number of carboxylic acids is 1. The average molecular weight is 248 g/mol. The van der Waals surface area contributed by atoms with Crippen molar-refractivity contribution in [1.82, 2.24) is 4.98 Å². The first-order valence-electron chi connectivity index (χ1n) is 5.43. The van der Waals surface area contributed by atoms with Crippen LogP contribution in [0, 0.1) is 0 Å². The predicted octanol–water partition coefficient (Wildman–Crippen LogP) is -1.20. The van der Waals surface area contributed by atoms with Gasteiger partial charge in [0.15, 0.2) is 0 Å². The van der Waals surface area contributed by atoms with E-state index >= 15 is 0 Å². The molecule has 0 aliphatic heterocycles. The van der Waals surface area contributed by atoms with Crippen molar-refractivity contribution in [3.8, 4) is 0 Å². The van der Waals surface area contributed by atoms with Crippen molar-refractivity contribution >= 4 is 29.5 Å². The number of hydrogen-bond acceptors (Lipinski definition) is 4. The van der Waals surface area contributed by atoms with Crippen LogP contribution in [-0.2, 0) is 11.2 Å². The molecule has 0 fully saturated rings. The molecule has 7 heteroatoms. The number of fused-ring (bicyclic) bond motifs is 1. The quantitative estimate of drug-likeness (QED) is 0.435. The lowest BCUT2D eigenvalue weighted by atomic mass is 9.79. The summed E-state index contributed by atoms with van der Waals surface area (Å²) in [6, 6.07) is 3.93. The summed E-state index contributed by atoms with van der Waals surface area (Å²) in [6.45, 7) is 0. The largest absolute Gasteiger partial charge is 0.488 e. The molecule has 0 saturated heterocycles. The van der Waals surface area contributed by atoms with Gasteiger partial charge in [-0.2, -0.15) is 0 Å². The normalized spacial score (nSPS) is 12.6. The van der Waals surface area contributed by atoms with Crippen molar-refractivity contribution in [3.05, 3.63) is 30.0 Å². The van der Waals surface area contributed by atoms with E-state index in [9.17, 15) is 4.79 Å². The van der Waals surface area contributed by atoms with Crippen LogP contribution >= 0.6 is 0 Å². The van der Waals surface area contributed by atoms with Crippen molar-refractivity contribution in [2.24, 2.45) is 5.73 Å². The molecule has 1 atom stereocenters. The molecule has 1 heterocycles. The second-order valence-electron chi connectivity index (χ2n) is 4.14. The molecule has 0 aliphatic rings. The minimum Gasteiger partial charge on any atom is -0.480 e. The van der Waals surface area contributed by atoms with E-state index in [1.807, 2.05) is 0 Å². The van der Waals surface area contributed by atoms with Crippen molar-refractivity contribution in [3.63, 3.8) is 0 Å². The van der Waals surface area contributed by atoms with Crippen LogP contribution in [0.2, 0.25) is 0 Å². The predicted molar refractivity (Wildman–Crippen MR) is 67.4 cm³/mol. The summed E-state index contributed by atoms with van der Waals surface area (Å²) in [7, 11) is -1.55. The third-order valence-electron chi connectivity index (χ3n) is 2.85. The number of aromatic nitrogens is 1. The van der Waals surface area contributed by atoms with Gasteiger partial charge in [-0.05, 0) is 17.1 Å². The minimum atomic E-state index is -1.55. The molecule has 94 valence electrons. The lowest BCUT2D eigenvalue weighted by Crippen LogP contribution is -2.32. The maximum atomic E-state index is 10.7. The smallest absolute Gasteiger partial charge is 0.480 e. The highest BCUT2D eigenvalue weighted by Gasteiger charge is 2.17. The van der Waals surface area contributed by atoms with Crippen molar-refractivity contribution in [2.45, 2.75) is 12.5 Å². The Bertz CT molecular complexity index is 581. The first-order chi connectivity index (χ1) is 8.49. The summed E-state index contributed by atoms with van der Waals surface area (Å²) < 4.78 is 0. The van der Waals surface area contributed by atoms with Crippen molar-refractivity contribution < 1.29 is 19.9 Å². The summed E-state index contributed by atoms with van der Waals surface area (Å²) >= 11 is 0. The van der Waals surface area contributed by atoms with E-state index in [-0.39, 0.29) is 6.42 Å². The Hall–Kier alpha value is -1.83. The fourth-order valence-electron chi connectivity index (χ4n) is 1.85. The molecule has 0 bridgehead atoms. The van der Waals surface area contributed by atoms with Gasteiger partial charge in [0.1, 0.15) is 6.04 Å². The highest BCUT2D eigenvalue weighted by Crippen LogP contribution is 2.18. The zero-order chi connectivity index (χ0) is 13.3. The van der Waals surface area contributed by atoms with Crippen LogP contribution in [0.25, 0.3) is 10.9 Å². The number of aromatic amines is 1. The third kappa shape index (κ3) is 2.38. The number of nitrogens with one attached hydrogen (secondary N) is 1. The molecule has 0 spiro atoms. The molecule has 1 aromatic heterocycles. The van der Waals surface area contributed by atoms with Crippen LogP contribution in [0.3, 0.4) is 0 Å². The second kappa shape index (κ2) is 4.81. The van der Waals surface area contributed by atoms with E-state index in [4.69, 9.17) is 20.9 Å². The van der Waals surface area contributed by atoms with Gasteiger partial charge in [-0.15, -0.1) is 0 Å². The highest BCUT2D eigenvalue weighted by molar-refractivity contribution is 6.58. The summed E-state index contributed by atoms with van der Waals surface area (Å²) in [5.74, 6) is -1.07. The van der Waals surface area contributed by atoms with Gasteiger partial charge in [-0.3, -0.25) is 4.79 Å². The minimum absolute atomic E-state index is 0.181. The summed E-state index contributed by atoms with van der Waals surface area (Å²) in [5, 5.41) is 27.7. The molecule has 0 unspecified atom stereocenters. The Morgan fingerprint density at radius 2 is 2.17 bits per heavy atom. The zero-order valence-electron chi connectivity index (χ0n) is 9.50. The fraction of sp³-hybridized carbons (Fsp3) is 0.182. The van der Waals surface area contributed by atoms with Crippen LogP contribution < -0.4 is 11.2 Å². The molecule has 6 N–H and O–H groups in total. The first kappa shape index (κ1) is 12.6. The Morgan fingerprint density at radius 3 is 2.78 bits per heavy atom. The highest BCUT2D eigenvalue weighted by atomic mass is 16.4. The van der Waals surface area contributed by atoms with E-state index in [2.05, 4.69) is 4.98 Å². The second-order valence-corrected chi connectivity index (χ2v) is 4.14. The zero-order valence-corrected chi connectivity index (χ0v) is 9.50.